The fourth-order valence-electron chi connectivity index (χ4n) is 3.46. The molecule has 1 aliphatic heterocycles. The highest BCUT2D eigenvalue weighted by molar-refractivity contribution is 7.95. The van der Waals surface area contributed by atoms with E-state index in [1.807, 2.05) is 37.8 Å². The lowest BCUT2D eigenvalue weighted by Gasteiger charge is -2.36. The van der Waals surface area contributed by atoms with Crippen LogP contribution in [0.1, 0.15) is 11.3 Å². The standard InChI is InChI=1S/C22H27N7S/c1-27-17-20(16-25-27)19-7-8-21(24-15-19)22(13-23)28-9-11-29(12-10-28)30-26-14-18-5-3-2-4-6-18/h2-8,13,15-17,26H,9-12,14,23H2,1H3/b22-13+. The first-order valence-corrected chi connectivity index (χ1v) is 10.8. The third-order valence-electron chi connectivity index (χ3n) is 5.11. The number of aromatic nitrogens is 3. The SMILES string of the molecule is Cn1cc(-c2ccc(/C(=C\N)N3CCN(SNCc4ccccc4)CC3)nc2)cn1. The van der Waals surface area contributed by atoms with Crippen molar-refractivity contribution in [3.8, 4) is 11.1 Å². The van der Waals surface area contributed by atoms with Gasteiger partial charge in [0.15, 0.2) is 0 Å². The molecular weight excluding hydrogens is 394 g/mol. The van der Waals surface area contributed by atoms with Gasteiger partial charge in [-0.25, -0.2) is 9.03 Å². The molecule has 0 aliphatic carbocycles. The van der Waals surface area contributed by atoms with E-state index in [9.17, 15) is 0 Å². The molecule has 1 fully saturated rings. The van der Waals surface area contributed by atoms with Gasteiger partial charge < -0.3 is 10.6 Å². The molecule has 4 rings (SSSR count). The van der Waals surface area contributed by atoms with E-state index in [4.69, 9.17) is 5.73 Å². The number of piperazine rings is 1. The zero-order chi connectivity index (χ0) is 20.8. The average Bonchev–Trinajstić information content (AvgIpc) is 3.23. The second kappa shape index (κ2) is 9.80. The van der Waals surface area contributed by atoms with Gasteiger partial charge in [0.05, 0.1) is 17.6 Å². The number of pyridine rings is 1. The summed E-state index contributed by atoms with van der Waals surface area (Å²) < 4.78 is 7.60. The van der Waals surface area contributed by atoms with E-state index in [2.05, 4.69) is 54.3 Å². The third-order valence-corrected chi connectivity index (χ3v) is 6.01. The lowest BCUT2D eigenvalue weighted by molar-refractivity contribution is 0.268. The molecule has 2 aromatic heterocycles. The molecule has 0 bridgehead atoms. The van der Waals surface area contributed by atoms with Crippen LogP contribution in [-0.2, 0) is 13.6 Å². The Morgan fingerprint density at radius 3 is 2.50 bits per heavy atom. The van der Waals surface area contributed by atoms with Crippen molar-refractivity contribution < 1.29 is 0 Å². The Morgan fingerprint density at radius 2 is 1.87 bits per heavy atom. The fourth-order valence-corrected chi connectivity index (χ4v) is 4.22. The molecule has 0 radical (unpaired) electrons. The van der Waals surface area contributed by atoms with Crippen molar-refractivity contribution in [3.05, 3.63) is 78.5 Å². The van der Waals surface area contributed by atoms with Crippen LogP contribution in [0.25, 0.3) is 16.8 Å². The average molecular weight is 422 g/mol. The molecule has 156 valence electrons. The fraction of sp³-hybridized carbons (Fsp3) is 0.273. The Kier molecular flexibility index (Phi) is 6.68. The molecule has 1 aromatic carbocycles. The first-order valence-electron chi connectivity index (χ1n) is 10.0. The van der Waals surface area contributed by atoms with Crippen molar-refractivity contribution in [3.63, 3.8) is 0 Å². The molecule has 0 spiro atoms. The number of nitrogens with zero attached hydrogens (tertiary/aromatic N) is 5. The van der Waals surface area contributed by atoms with Crippen molar-refractivity contribution >= 4 is 17.8 Å². The van der Waals surface area contributed by atoms with Crippen LogP contribution in [0.2, 0.25) is 0 Å². The first-order chi connectivity index (χ1) is 14.7. The minimum absolute atomic E-state index is 0.854. The van der Waals surface area contributed by atoms with Crippen molar-refractivity contribution in [2.24, 2.45) is 12.8 Å². The lowest BCUT2D eigenvalue weighted by atomic mass is 10.1. The zero-order valence-corrected chi connectivity index (χ0v) is 17.9. The van der Waals surface area contributed by atoms with Crippen molar-refractivity contribution in [2.45, 2.75) is 6.54 Å². The monoisotopic (exact) mass is 421 g/mol. The molecule has 1 saturated heterocycles. The molecule has 0 atom stereocenters. The van der Waals surface area contributed by atoms with Gasteiger partial charge in [-0.3, -0.25) is 9.67 Å². The smallest absolute Gasteiger partial charge is 0.0878 e. The number of hydrogen-bond acceptors (Lipinski definition) is 7. The molecule has 3 heterocycles. The summed E-state index contributed by atoms with van der Waals surface area (Å²) in [5, 5.41) is 4.22. The Balaban J connectivity index is 1.29. The summed E-state index contributed by atoms with van der Waals surface area (Å²) >= 11 is 1.69. The predicted octanol–water partition coefficient (Wildman–Crippen LogP) is 2.71. The Bertz CT molecular complexity index is 961. The van der Waals surface area contributed by atoms with Crippen LogP contribution in [0, 0.1) is 0 Å². The van der Waals surface area contributed by atoms with Crippen LogP contribution in [0.4, 0.5) is 0 Å². The van der Waals surface area contributed by atoms with E-state index in [1.165, 1.54) is 5.56 Å². The quantitative estimate of drug-likeness (QED) is 0.568. The second-order valence-corrected chi connectivity index (χ2v) is 8.19. The van der Waals surface area contributed by atoms with Crippen LogP contribution in [0.3, 0.4) is 0 Å². The van der Waals surface area contributed by atoms with Gasteiger partial charge in [-0.15, -0.1) is 0 Å². The predicted molar refractivity (Wildman–Crippen MR) is 123 cm³/mol. The molecule has 3 N–H and O–H groups in total. The van der Waals surface area contributed by atoms with Gasteiger partial charge in [-0.05, 0) is 11.6 Å². The molecule has 7 nitrogen and oxygen atoms in total. The number of nitrogens with two attached hydrogens (primary N) is 1. The van der Waals surface area contributed by atoms with Gasteiger partial charge in [-0.2, -0.15) is 5.10 Å². The zero-order valence-electron chi connectivity index (χ0n) is 17.1. The van der Waals surface area contributed by atoms with Gasteiger partial charge >= 0.3 is 0 Å². The van der Waals surface area contributed by atoms with Gasteiger partial charge in [0.1, 0.15) is 0 Å². The summed E-state index contributed by atoms with van der Waals surface area (Å²) in [6.45, 7) is 4.59. The van der Waals surface area contributed by atoms with Crippen molar-refractivity contribution in [2.75, 3.05) is 26.2 Å². The molecule has 0 saturated carbocycles. The molecule has 0 amide bonds. The topological polar surface area (TPSA) is 75.2 Å². The van der Waals surface area contributed by atoms with E-state index in [0.717, 1.165) is 55.2 Å². The summed E-state index contributed by atoms with van der Waals surface area (Å²) in [6.07, 6.45) is 7.39. The lowest BCUT2D eigenvalue weighted by Crippen LogP contribution is -2.43. The van der Waals surface area contributed by atoms with E-state index in [-0.39, 0.29) is 0 Å². The number of hydrogen-bond donors (Lipinski definition) is 2. The van der Waals surface area contributed by atoms with Crippen LogP contribution in [0.15, 0.2) is 67.3 Å². The summed E-state index contributed by atoms with van der Waals surface area (Å²) in [4.78, 5) is 6.96. The number of rotatable bonds is 7. The Labute approximate surface area is 181 Å². The highest BCUT2D eigenvalue weighted by Gasteiger charge is 2.20. The second-order valence-electron chi connectivity index (χ2n) is 7.20. The maximum atomic E-state index is 5.98. The van der Waals surface area contributed by atoms with Gasteiger partial charge in [0.2, 0.25) is 0 Å². The summed E-state index contributed by atoms with van der Waals surface area (Å²) in [7, 11) is 1.91. The number of nitrogens with one attached hydrogen (secondary N) is 1. The summed E-state index contributed by atoms with van der Waals surface area (Å²) in [6, 6.07) is 14.6. The summed E-state index contributed by atoms with van der Waals surface area (Å²) in [5.41, 5.74) is 11.3. The number of benzene rings is 1. The van der Waals surface area contributed by atoms with Crippen LogP contribution in [0.5, 0.6) is 0 Å². The van der Waals surface area contributed by atoms with Gasteiger partial charge in [0.25, 0.3) is 0 Å². The van der Waals surface area contributed by atoms with E-state index < -0.39 is 0 Å². The van der Waals surface area contributed by atoms with Gasteiger partial charge in [0, 0.05) is 81.6 Å². The van der Waals surface area contributed by atoms with Crippen molar-refractivity contribution in [1.29, 1.82) is 0 Å². The molecule has 1 aliphatic rings. The minimum atomic E-state index is 0.854. The molecule has 0 unspecified atom stereocenters. The van der Waals surface area contributed by atoms with Crippen LogP contribution < -0.4 is 10.5 Å². The first kappa shape index (κ1) is 20.5. The molecule has 3 aromatic rings. The third kappa shape index (κ3) is 5.02. The highest BCUT2D eigenvalue weighted by Crippen LogP contribution is 2.23. The van der Waals surface area contributed by atoms with E-state index in [1.54, 1.807) is 23.0 Å². The Morgan fingerprint density at radius 1 is 1.07 bits per heavy atom. The normalized spacial score (nSPS) is 15.5. The Hall–Kier alpha value is -2.81. The summed E-state index contributed by atoms with van der Waals surface area (Å²) in [5.74, 6) is 0. The number of aryl methyl sites for hydroxylation is 1. The van der Waals surface area contributed by atoms with Gasteiger partial charge in [-0.1, -0.05) is 36.4 Å². The van der Waals surface area contributed by atoms with E-state index >= 15 is 0 Å². The van der Waals surface area contributed by atoms with Crippen LogP contribution >= 0.6 is 12.1 Å². The molecule has 8 heteroatoms. The van der Waals surface area contributed by atoms with Crippen molar-refractivity contribution in [1.82, 2.24) is 28.7 Å². The highest BCUT2D eigenvalue weighted by atomic mass is 32.2. The largest absolute Gasteiger partial charge is 0.403 e. The van der Waals surface area contributed by atoms with E-state index in [0.29, 0.717) is 0 Å². The maximum absolute atomic E-state index is 5.98. The maximum Gasteiger partial charge on any atom is 0.0878 e. The molecular formula is C22H27N7S. The van der Waals surface area contributed by atoms with Crippen LogP contribution in [-0.4, -0.2) is 50.1 Å². The molecule has 30 heavy (non-hydrogen) atoms. The minimum Gasteiger partial charge on any atom is -0.403 e.